The minimum Gasteiger partial charge on any atom is -0.377 e. The molecule has 1 aliphatic heterocycles. The Morgan fingerprint density at radius 2 is 2.22 bits per heavy atom. The van der Waals surface area contributed by atoms with Gasteiger partial charge in [-0.1, -0.05) is 0 Å². The zero-order chi connectivity index (χ0) is 16.4. The normalized spacial score (nSPS) is 18.0. The summed E-state index contributed by atoms with van der Waals surface area (Å²) >= 11 is 1.51. The van der Waals surface area contributed by atoms with Gasteiger partial charge in [0.05, 0.1) is 18.1 Å². The highest BCUT2D eigenvalue weighted by Crippen LogP contribution is 2.27. The first kappa shape index (κ1) is 15.9. The zero-order valence-corrected chi connectivity index (χ0v) is 14.3. The Morgan fingerprint density at radius 1 is 1.39 bits per heavy atom. The van der Waals surface area contributed by atoms with Crippen molar-refractivity contribution >= 4 is 23.1 Å². The molecule has 1 atom stereocenters. The molecule has 2 aromatic rings. The van der Waals surface area contributed by atoms with Crippen molar-refractivity contribution in [1.82, 2.24) is 14.9 Å². The van der Waals surface area contributed by atoms with E-state index in [0.29, 0.717) is 25.6 Å². The molecule has 23 heavy (non-hydrogen) atoms. The van der Waals surface area contributed by atoms with E-state index in [0.717, 1.165) is 21.3 Å². The summed E-state index contributed by atoms with van der Waals surface area (Å²) in [5.41, 5.74) is 0.865. The van der Waals surface area contributed by atoms with Gasteiger partial charge in [0.25, 0.3) is 5.91 Å². The van der Waals surface area contributed by atoms with Crippen molar-refractivity contribution in [1.29, 1.82) is 0 Å². The van der Waals surface area contributed by atoms with Gasteiger partial charge in [0.2, 0.25) is 0 Å². The molecule has 1 amide bonds. The van der Waals surface area contributed by atoms with Crippen LogP contribution in [0.3, 0.4) is 0 Å². The van der Waals surface area contributed by atoms with E-state index in [4.69, 9.17) is 4.74 Å². The van der Waals surface area contributed by atoms with E-state index in [2.05, 4.69) is 15.3 Å². The summed E-state index contributed by atoms with van der Waals surface area (Å²) in [5.74, 6) is 1.39. The van der Waals surface area contributed by atoms with Gasteiger partial charge in [0.1, 0.15) is 11.9 Å². The molecule has 3 heterocycles. The molecule has 7 heteroatoms. The maximum absolute atomic E-state index is 12.8. The monoisotopic (exact) mass is 332 g/mol. The van der Waals surface area contributed by atoms with Crippen molar-refractivity contribution in [2.75, 3.05) is 32.1 Å². The van der Waals surface area contributed by atoms with Crippen molar-refractivity contribution < 1.29 is 9.53 Å². The molecule has 1 aliphatic rings. The van der Waals surface area contributed by atoms with E-state index in [9.17, 15) is 4.79 Å². The average molecular weight is 332 g/mol. The van der Waals surface area contributed by atoms with Gasteiger partial charge in [-0.05, 0) is 26.0 Å². The fourth-order valence-electron chi connectivity index (χ4n) is 2.62. The molecule has 0 saturated carbocycles. The summed E-state index contributed by atoms with van der Waals surface area (Å²) in [5, 5.41) is 3.03. The molecule has 2 aromatic heterocycles. The molecule has 122 valence electrons. The van der Waals surface area contributed by atoms with Crippen LogP contribution in [0.1, 0.15) is 32.1 Å². The Morgan fingerprint density at radius 3 is 2.91 bits per heavy atom. The van der Waals surface area contributed by atoms with Crippen LogP contribution in [0.25, 0.3) is 0 Å². The van der Waals surface area contributed by atoms with Crippen LogP contribution in [0, 0.1) is 13.8 Å². The number of nitrogens with zero attached hydrogens (tertiary/aromatic N) is 3. The van der Waals surface area contributed by atoms with Crippen molar-refractivity contribution in [3.8, 4) is 0 Å². The third-order valence-electron chi connectivity index (χ3n) is 3.77. The molecule has 1 saturated heterocycles. The number of anilines is 1. The Hall–Kier alpha value is -1.99. The summed E-state index contributed by atoms with van der Waals surface area (Å²) in [7, 11) is 1.82. The fraction of sp³-hybridized carbons (Fsp3) is 0.438. The standard InChI is InChI=1S/C16H20N4O2S/c1-10-8-14(17-3)19-15(18-10)12-9-22-7-6-20(12)16(21)13-5-4-11(2)23-13/h4-5,8,12H,6-7,9H2,1-3H3,(H,17,18,19). The van der Waals surface area contributed by atoms with Crippen LogP contribution in [-0.4, -0.2) is 47.6 Å². The van der Waals surface area contributed by atoms with E-state index < -0.39 is 0 Å². The molecular formula is C16H20N4O2S. The van der Waals surface area contributed by atoms with Crippen LogP contribution in [0.5, 0.6) is 0 Å². The van der Waals surface area contributed by atoms with Crippen LogP contribution >= 0.6 is 11.3 Å². The van der Waals surface area contributed by atoms with E-state index in [1.54, 1.807) is 0 Å². The number of aromatic nitrogens is 2. The second-order valence-corrected chi connectivity index (χ2v) is 6.79. The number of hydrogen-bond donors (Lipinski definition) is 1. The highest BCUT2D eigenvalue weighted by Gasteiger charge is 2.32. The number of nitrogens with one attached hydrogen (secondary N) is 1. The van der Waals surface area contributed by atoms with Gasteiger partial charge in [-0.25, -0.2) is 9.97 Å². The molecule has 0 radical (unpaired) electrons. The van der Waals surface area contributed by atoms with Gasteiger partial charge in [0.15, 0.2) is 5.82 Å². The third kappa shape index (κ3) is 3.35. The van der Waals surface area contributed by atoms with Crippen LogP contribution in [-0.2, 0) is 4.74 Å². The number of ether oxygens (including phenoxy) is 1. The number of aryl methyl sites for hydroxylation is 2. The van der Waals surface area contributed by atoms with E-state index >= 15 is 0 Å². The Bertz CT molecular complexity index is 716. The van der Waals surface area contributed by atoms with Crippen molar-refractivity contribution in [2.45, 2.75) is 19.9 Å². The number of morpholine rings is 1. The van der Waals surface area contributed by atoms with Gasteiger partial charge < -0.3 is 15.0 Å². The molecular weight excluding hydrogens is 312 g/mol. The maximum atomic E-state index is 12.8. The smallest absolute Gasteiger partial charge is 0.264 e. The number of thiophene rings is 1. The number of hydrogen-bond acceptors (Lipinski definition) is 6. The van der Waals surface area contributed by atoms with Crippen molar-refractivity contribution in [3.05, 3.63) is 39.5 Å². The topological polar surface area (TPSA) is 67.4 Å². The van der Waals surface area contributed by atoms with E-state index in [1.165, 1.54) is 11.3 Å². The van der Waals surface area contributed by atoms with Crippen molar-refractivity contribution in [3.63, 3.8) is 0 Å². The summed E-state index contributed by atoms with van der Waals surface area (Å²) in [6.07, 6.45) is 0. The zero-order valence-electron chi connectivity index (χ0n) is 13.5. The lowest BCUT2D eigenvalue weighted by atomic mass is 10.2. The van der Waals surface area contributed by atoms with Crippen LogP contribution in [0.4, 0.5) is 5.82 Å². The highest BCUT2D eigenvalue weighted by atomic mass is 32.1. The molecule has 0 bridgehead atoms. The van der Waals surface area contributed by atoms with Crippen molar-refractivity contribution in [2.24, 2.45) is 0 Å². The Kier molecular flexibility index (Phi) is 4.58. The lowest BCUT2D eigenvalue weighted by molar-refractivity contribution is -0.00496. The first-order chi connectivity index (χ1) is 11.1. The molecule has 3 rings (SSSR count). The summed E-state index contributed by atoms with van der Waals surface area (Å²) in [4.78, 5) is 25.6. The van der Waals surface area contributed by atoms with Gasteiger partial charge in [0, 0.05) is 30.2 Å². The largest absolute Gasteiger partial charge is 0.377 e. The maximum Gasteiger partial charge on any atom is 0.264 e. The summed E-state index contributed by atoms with van der Waals surface area (Å²) < 4.78 is 5.58. The molecule has 0 spiro atoms. The van der Waals surface area contributed by atoms with Gasteiger partial charge in [-0.3, -0.25) is 4.79 Å². The predicted molar refractivity (Wildman–Crippen MR) is 90.0 cm³/mol. The second kappa shape index (κ2) is 6.64. The second-order valence-electron chi connectivity index (χ2n) is 5.50. The highest BCUT2D eigenvalue weighted by molar-refractivity contribution is 7.13. The van der Waals surface area contributed by atoms with Crippen LogP contribution in [0.2, 0.25) is 0 Å². The number of amides is 1. The molecule has 0 aliphatic carbocycles. The van der Waals surface area contributed by atoms with E-state index in [-0.39, 0.29) is 11.9 Å². The lowest BCUT2D eigenvalue weighted by Crippen LogP contribution is -2.44. The van der Waals surface area contributed by atoms with Crippen LogP contribution in [0.15, 0.2) is 18.2 Å². The van der Waals surface area contributed by atoms with Crippen LogP contribution < -0.4 is 5.32 Å². The summed E-state index contributed by atoms with van der Waals surface area (Å²) in [6.45, 7) is 5.43. The molecule has 1 fully saturated rings. The van der Waals surface area contributed by atoms with Gasteiger partial charge >= 0.3 is 0 Å². The van der Waals surface area contributed by atoms with Gasteiger partial charge in [-0.2, -0.15) is 0 Å². The predicted octanol–water partition coefficient (Wildman–Crippen LogP) is 2.41. The molecule has 0 aromatic carbocycles. The number of carbonyl (C=O) groups excluding carboxylic acids is 1. The molecule has 1 N–H and O–H groups in total. The van der Waals surface area contributed by atoms with E-state index in [1.807, 2.05) is 44.0 Å². The first-order valence-corrected chi connectivity index (χ1v) is 8.38. The molecule has 1 unspecified atom stereocenters. The first-order valence-electron chi connectivity index (χ1n) is 7.57. The quantitative estimate of drug-likeness (QED) is 0.935. The Labute approximate surface area is 139 Å². The molecule has 6 nitrogen and oxygen atoms in total. The van der Waals surface area contributed by atoms with Gasteiger partial charge in [-0.15, -0.1) is 11.3 Å². The fourth-order valence-corrected chi connectivity index (χ4v) is 3.44. The summed E-state index contributed by atoms with van der Waals surface area (Å²) in [6, 6.07) is 5.47. The lowest BCUT2D eigenvalue weighted by Gasteiger charge is -2.34. The third-order valence-corrected chi connectivity index (χ3v) is 4.75. The minimum absolute atomic E-state index is 0.0208. The SMILES string of the molecule is CNc1cc(C)nc(C2COCCN2C(=O)c2ccc(C)s2)n1. The average Bonchev–Trinajstić information content (AvgIpc) is 3.00. The minimum atomic E-state index is -0.259. The number of carbonyl (C=O) groups is 1. The number of rotatable bonds is 3. The Balaban J connectivity index is 1.92.